The number of amides is 1. The summed E-state index contributed by atoms with van der Waals surface area (Å²) < 4.78 is 5.36. The zero-order chi connectivity index (χ0) is 9.84. The second-order valence-corrected chi connectivity index (χ2v) is 3.61. The maximum absolute atomic E-state index is 11.7. The summed E-state index contributed by atoms with van der Waals surface area (Å²) >= 11 is 0. The van der Waals surface area contributed by atoms with E-state index in [4.69, 9.17) is 4.74 Å². The molecule has 0 aromatic carbocycles. The zero-order valence-electron chi connectivity index (χ0n) is 8.54. The number of morpholine rings is 1. The minimum Gasteiger partial charge on any atom is -0.366 e. The van der Waals surface area contributed by atoms with E-state index in [1.54, 1.807) is 4.90 Å². The number of nitrogens with one attached hydrogen (secondary N) is 1. The minimum absolute atomic E-state index is 0.0715. The summed E-state index contributed by atoms with van der Waals surface area (Å²) in [6, 6.07) is 0.234. The molecule has 0 radical (unpaired) electrons. The van der Waals surface area contributed by atoms with Crippen molar-refractivity contribution < 1.29 is 9.53 Å². The molecule has 1 heterocycles. The molecule has 0 unspecified atom stereocenters. The highest BCUT2D eigenvalue weighted by Crippen LogP contribution is 2.03. The quantitative estimate of drug-likeness (QED) is 0.651. The molecule has 0 bridgehead atoms. The number of carbonyl (C=O) groups excluding carboxylic acids is 1. The molecule has 1 amide bonds. The second-order valence-electron chi connectivity index (χ2n) is 3.61. The Morgan fingerprint density at radius 1 is 1.62 bits per heavy atom. The molecule has 0 aliphatic carbocycles. The lowest BCUT2D eigenvalue weighted by atomic mass is 10.2. The first kappa shape index (κ1) is 10.5. The Kier molecular flexibility index (Phi) is 3.69. The Morgan fingerprint density at radius 3 is 2.77 bits per heavy atom. The van der Waals surface area contributed by atoms with Gasteiger partial charge in [-0.2, -0.15) is 0 Å². The summed E-state index contributed by atoms with van der Waals surface area (Å²) in [5, 5.41) is 3.14. The van der Waals surface area contributed by atoms with Crippen LogP contribution in [0.3, 0.4) is 0 Å². The van der Waals surface area contributed by atoms with Crippen LogP contribution in [-0.2, 0) is 9.53 Å². The van der Waals surface area contributed by atoms with Gasteiger partial charge in [0.05, 0.1) is 6.61 Å². The molecule has 1 saturated heterocycles. The van der Waals surface area contributed by atoms with Crippen molar-refractivity contribution in [2.75, 3.05) is 26.7 Å². The Hall–Kier alpha value is -0.610. The van der Waals surface area contributed by atoms with Gasteiger partial charge >= 0.3 is 0 Å². The molecule has 1 rings (SSSR count). The maximum Gasteiger partial charge on any atom is 0.253 e. The van der Waals surface area contributed by atoms with E-state index < -0.39 is 0 Å². The van der Waals surface area contributed by atoms with E-state index in [9.17, 15) is 4.79 Å². The summed E-state index contributed by atoms with van der Waals surface area (Å²) in [5.41, 5.74) is 0. The SMILES string of the molecule is CC(C)N(C)C(=O)[C@H]1CNCCO1. The molecular formula is C9H18N2O2. The summed E-state index contributed by atoms with van der Waals surface area (Å²) in [6.45, 7) is 6.09. The third-order valence-electron chi connectivity index (χ3n) is 2.33. The fourth-order valence-corrected chi connectivity index (χ4v) is 1.21. The maximum atomic E-state index is 11.7. The van der Waals surface area contributed by atoms with Crippen molar-refractivity contribution >= 4 is 5.91 Å². The third-order valence-corrected chi connectivity index (χ3v) is 2.33. The lowest BCUT2D eigenvalue weighted by molar-refractivity contribution is -0.145. The van der Waals surface area contributed by atoms with Gasteiger partial charge in [-0.05, 0) is 13.8 Å². The number of carbonyl (C=O) groups is 1. The largest absolute Gasteiger partial charge is 0.366 e. The van der Waals surface area contributed by atoms with E-state index in [2.05, 4.69) is 5.32 Å². The number of rotatable bonds is 2. The fraction of sp³-hybridized carbons (Fsp3) is 0.889. The van der Waals surface area contributed by atoms with Crippen molar-refractivity contribution in [2.45, 2.75) is 26.0 Å². The van der Waals surface area contributed by atoms with Crippen LogP contribution >= 0.6 is 0 Å². The summed E-state index contributed by atoms with van der Waals surface area (Å²) in [7, 11) is 1.81. The van der Waals surface area contributed by atoms with Crippen LogP contribution in [0.25, 0.3) is 0 Å². The second kappa shape index (κ2) is 4.58. The molecule has 0 aromatic rings. The van der Waals surface area contributed by atoms with Gasteiger partial charge in [0, 0.05) is 26.2 Å². The molecule has 0 spiro atoms. The molecule has 4 heteroatoms. The Labute approximate surface area is 79.2 Å². The van der Waals surface area contributed by atoms with E-state index >= 15 is 0 Å². The summed E-state index contributed by atoms with van der Waals surface area (Å²) in [5.74, 6) is 0.0715. The standard InChI is InChI=1S/C9H18N2O2/c1-7(2)11(3)9(12)8-6-10-4-5-13-8/h7-8,10H,4-6H2,1-3H3/t8-/m1/s1. The van der Waals surface area contributed by atoms with Gasteiger partial charge in [0.1, 0.15) is 6.10 Å². The van der Waals surface area contributed by atoms with Gasteiger partial charge in [-0.25, -0.2) is 0 Å². The number of nitrogens with zero attached hydrogens (tertiary/aromatic N) is 1. The highest BCUT2D eigenvalue weighted by molar-refractivity contribution is 5.81. The van der Waals surface area contributed by atoms with Gasteiger partial charge in [0.15, 0.2) is 0 Å². The Balaban J connectivity index is 2.45. The lowest BCUT2D eigenvalue weighted by Gasteiger charge is -2.29. The molecular weight excluding hydrogens is 168 g/mol. The molecule has 4 nitrogen and oxygen atoms in total. The van der Waals surface area contributed by atoms with Crippen LogP contribution in [0.4, 0.5) is 0 Å². The van der Waals surface area contributed by atoms with E-state index in [0.29, 0.717) is 13.2 Å². The minimum atomic E-state index is -0.291. The first-order valence-electron chi connectivity index (χ1n) is 4.72. The van der Waals surface area contributed by atoms with Crippen LogP contribution in [0.15, 0.2) is 0 Å². The normalized spacial score (nSPS) is 23.2. The predicted octanol–water partition coefficient (Wildman–Crippen LogP) is -0.158. The first-order chi connectivity index (χ1) is 6.13. The van der Waals surface area contributed by atoms with Gasteiger partial charge in [0.2, 0.25) is 0 Å². The highest BCUT2D eigenvalue weighted by Gasteiger charge is 2.25. The molecule has 0 aromatic heterocycles. The molecule has 1 aliphatic heterocycles. The van der Waals surface area contributed by atoms with Crippen LogP contribution < -0.4 is 5.32 Å². The monoisotopic (exact) mass is 186 g/mol. The van der Waals surface area contributed by atoms with Crippen molar-refractivity contribution in [3.63, 3.8) is 0 Å². The summed E-state index contributed by atoms with van der Waals surface area (Å²) in [4.78, 5) is 13.4. The lowest BCUT2D eigenvalue weighted by Crippen LogP contribution is -2.49. The number of hydrogen-bond donors (Lipinski definition) is 1. The molecule has 1 aliphatic rings. The third kappa shape index (κ3) is 2.67. The zero-order valence-corrected chi connectivity index (χ0v) is 8.54. The average molecular weight is 186 g/mol. The predicted molar refractivity (Wildman–Crippen MR) is 50.5 cm³/mol. The van der Waals surface area contributed by atoms with Crippen molar-refractivity contribution in [1.29, 1.82) is 0 Å². The molecule has 1 N–H and O–H groups in total. The van der Waals surface area contributed by atoms with Crippen LogP contribution in [0.1, 0.15) is 13.8 Å². The smallest absolute Gasteiger partial charge is 0.253 e. The van der Waals surface area contributed by atoms with Gasteiger partial charge < -0.3 is 15.0 Å². The fourth-order valence-electron chi connectivity index (χ4n) is 1.21. The molecule has 1 fully saturated rings. The first-order valence-corrected chi connectivity index (χ1v) is 4.72. The van der Waals surface area contributed by atoms with Crippen LogP contribution in [0, 0.1) is 0 Å². The van der Waals surface area contributed by atoms with Crippen LogP contribution in [0.2, 0.25) is 0 Å². The van der Waals surface area contributed by atoms with Crippen molar-refractivity contribution in [3.05, 3.63) is 0 Å². The Morgan fingerprint density at radius 2 is 2.31 bits per heavy atom. The topological polar surface area (TPSA) is 41.6 Å². The number of likely N-dealkylation sites (N-methyl/N-ethyl adjacent to an activating group) is 1. The highest BCUT2D eigenvalue weighted by atomic mass is 16.5. The van der Waals surface area contributed by atoms with Crippen LogP contribution in [0.5, 0.6) is 0 Å². The van der Waals surface area contributed by atoms with E-state index in [0.717, 1.165) is 6.54 Å². The number of ether oxygens (including phenoxy) is 1. The molecule has 0 saturated carbocycles. The van der Waals surface area contributed by atoms with Crippen molar-refractivity contribution in [2.24, 2.45) is 0 Å². The van der Waals surface area contributed by atoms with Crippen molar-refractivity contribution in [1.82, 2.24) is 10.2 Å². The van der Waals surface area contributed by atoms with E-state index in [1.807, 2.05) is 20.9 Å². The summed E-state index contributed by atoms with van der Waals surface area (Å²) in [6.07, 6.45) is -0.291. The van der Waals surface area contributed by atoms with Gasteiger partial charge in [-0.3, -0.25) is 4.79 Å². The van der Waals surface area contributed by atoms with E-state index in [-0.39, 0.29) is 18.1 Å². The van der Waals surface area contributed by atoms with Gasteiger partial charge in [-0.15, -0.1) is 0 Å². The van der Waals surface area contributed by atoms with Gasteiger partial charge in [-0.1, -0.05) is 0 Å². The molecule has 76 valence electrons. The van der Waals surface area contributed by atoms with Crippen LogP contribution in [-0.4, -0.2) is 49.7 Å². The number of hydrogen-bond acceptors (Lipinski definition) is 3. The molecule has 1 atom stereocenters. The Bertz CT molecular complexity index is 176. The van der Waals surface area contributed by atoms with Gasteiger partial charge in [0.25, 0.3) is 5.91 Å². The van der Waals surface area contributed by atoms with E-state index in [1.165, 1.54) is 0 Å². The average Bonchev–Trinajstić information content (AvgIpc) is 2.17. The molecule has 13 heavy (non-hydrogen) atoms. The van der Waals surface area contributed by atoms with Crippen molar-refractivity contribution in [3.8, 4) is 0 Å².